The first-order valence-corrected chi connectivity index (χ1v) is 6.12. The number of hydrogen-bond acceptors (Lipinski definition) is 3. The molecule has 86 valence electrons. The maximum absolute atomic E-state index is 11.3. The Labute approximate surface area is 95.3 Å². The van der Waals surface area contributed by atoms with Gasteiger partial charge in [0.2, 0.25) is 5.91 Å². The molecule has 1 rings (SSSR count). The van der Waals surface area contributed by atoms with Crippen molar-refractivity contribution in [2.45, 2.75) is 39.3 Å². The molecule has 0 aliphatic carbocycles. The van der Waals surface area contributed by atoms with E-state index in [1.807, 2.05) is 13.8 Å². The number of aliphatic imine (C=N–C) groups is 1. The first-order chi connectivity index (χ1) is 6.89. The standard InChI is InChI=1S/C10H19N3OS/c1-7(2)12-8(14)5-11-9-13-10(3,4)6-15-9/h7H,5-6H2,1-4H3,(H,11,13)(H,12,14). The Bertz CT molecular complexity index is 274. The molecule has 2 N–H and O–H groups in total. The number of nitrogens with one attached hydrogen (secondary N) is 2. The smallest absolute Gasteiger partial charge is 0.241 e. The van der Waals surface area contributed by atoms with Crippen molar-refractivity contribution in [3.05, 3.63) is 0 Å². The maximum atomic E-state index is 11.3. The van der Waals surface area contributed by atoms with Gasteiger partial charge in [-0.2, -0.15) is 0 Å². The van der Waals surface area contributed by atoms with Crippen LogP contribution in [0.1, 0.15) is 27.7 Å². The van der Waals surface area contributed by atoms with Crippen LogP contribution in [0.4, 0.5) is 0 Å². The minimum absolute atomic E-state index is 0.0235. The summed E-state index contributed by atoms with van der Waals surface area (Å²) >= 11 is 1.67. The average molecular weight is 229 g/mol. The van der Waals surface area contributed by atoms with Gasteiger partial charge in [0.25, 0.3) is 0 Å². The summed E-state index contributed by atoms with van der Waals surface area (Å²) in [6, 6.07) is 0.179. The Kier molecular flexibility index (Phi) is 4.02. The van der Waals surface area contributed by atoms with E-state index in [1.54, 1.807) is 11.8 Å². The summed E-state index contributed by atoms with van der Waals surface area (Å²) < 4.78 is 0. The summed E-state index contributed by atoms with van der Waals surface area (Å²) in [6.07, 6.45) is 0. The van der Waals surface area contributed by atoms with Crippen LogP contribution in [-0.2, 0) is 4.79 Å². The zero-order valence-electron chi connectivity index (χ0n) is 9.76. The van der Waals surface area contributed by atoms with Gasteiger partial charge in [0.15, 0.2) is 5.17 Å². The molecule has 0 bridgehead atoms. The monoisotopic (exact) mass is 229 g/mol. The zero-order valence-corrected chi connectivity index (χ0v) is 10.6. The third-order valence-corrected chi connectivity index (χ3v) is 3.20. The van der Waals surface area contributed by atoms with Crippen LogP contribution in [-0.4, -0.2) is 35.0 Å². The molecule has 0 atom stereocenters. The lowest BCUT2D eigenvalue weighted by atomic mass is 10.1. The Morgan fingerprint density at radius 3 is 2.80 bits per heavy atom. The number of carbonyl (C=O) groups excluding carboxylic acids is 1. The number of amidine groups is 1. The predicted molar refractivity (Wildman–Crippen MR) is 65.3 cm³/mol. The molecule has 0 radical (unpaired) electrons. The van der Waals surface area contributed by atoms with Crippen LogP contribution in [0.15, 0.2) is 4.99 Å². The topological polar surface area (TPSA) is 53.5 Å². The highest BCUT2D eigenvalue weighted by atomic mass is 32.2. The molecule has 1 aliphatic heterocycles. The number of carbonyl (C=O) groups is 1. The van der Waals surface area contributed by atoms with Gasteiger partial charge in [0.05, 0.1) is 0 Å². The van der Waals surface area contributed by atoms with Crippen LogP contribution in [0.5, 0.6) is 0 Å². The summed E-state index contributed by atoms with van der Waals surface area (Å²) in [5.41, 5.74) is 0.0953. The van der Waals surface area contributed by atoms with Crippen LogP contribution in [0, 0.1) is 0 Å². The first kappa shape index (κ1) is 12.4. The molecule has 15 heavy (non-hydrogen) atoms. The lowest BCUT2D eigenvalue weighted by Crippen LogP contribution is -2.37. The van der Waals surface area contributed by atoms with Crippen LogP contribution >= 0.6 is 11.8 Å². The molecule has 0 aromatic heterocycles. The molecule has 0 saturated carbocycles. The Morgan fingerprint density at radius 2 is 2.33 bits per heavy atom. The largest absolute Gasteiger partial charge is 0.359 e. The number of amides is 1. The number of thioether (sulfide) groups is 1. The third-order valence-electron chi connectivity index (χ3n) is 1.83. The van der Waals surface area contributed by atoms with Crippen molar-refractivity contribution in [1.82, 2.24) is 10.6 Å². The third kappa shape index (κ3) is 4.55. The summed E-state index contributed by atoms with van der Waals surface area (Å²) in [6.45, 7) is 8.34. The van der Waals surface area contributed by atoms with E-state index >= 15 is 0 Å². The van der Waals surface area contributed by atoms with Gasteiger partial charge in [-0.05, 0) is 27.7 Å². The van der Waals surface area contributed by atoms with Crippen molar-refractivity contribution < 1.29 is 4.79 Å². The van der Waals surface area contributed by atoms with Gasteiger partial charge in [-0.3, -0.25) is 9.79 Å². The SMILES string of the molecule is CC(C)NC(=O)CN=C1NC(C)(C)CS1. The predicted octanol–water partition coefficient (Wildman–Crippen LogP) is 0.982. The fourth-order valence-electron chi connectivity index (χ4n) is 1.21. The summed E-state index contributed by atoms with van der Waals surface area (Å²) in [5, 5.41) is 6.95. The van der Waals surface area contributed by atoms with E-state index in [1.165, 1.54) is 0 Å². The zero-order chi connectivity index (χ0) is 11.5. The van der Waals surface area contributed by atoms with E-state index in [9.17, 15) is 4.79 Å². The lowest BCUT2D eigenvalue weighted by Gasteiger charge is -2.15. The van der Waals surface area contributed by atoms with Gasteiger partial charge >= 0.3 is 0 Å². The molecule has 1 fully saturated rings. The van der Waals surface area contributed by atoms with Crippen molar-refractivity contribution in [3.8, 4) is 0 Å². The van der Waals surface area contributed by atoms with Gasteiger partial charge in [0.1, 0.15) is 6.54 Å². The maximum Gasteiger partial charge on any atom is 0.241 e. The molecular formula is C10H19N3OS. The molecule has 1 aliphatic rings. The summed E-state index contributed by atoms with van der Waals surface area (Å²) in [7, 11) is 0. The molecule has 0 spiro atoms. The normalized spacial score (nSPS) is 21.8. The average Bonchev–Trinajstić information content (AvgIpc) is 2.41. The van der Waals surface area contributed by atoms with Gasteiger partial charge in [-0.25, -0.2) is 0 Å². The highest BCUT2D eigenvalue weighted by molar-refractivity contribution is 8.14. The van der Waals surface area contributed by atoms with Crippen LogP contribution in [0.2, 0.25) is 0 Å². The molecule has 1 heterocycles. The Hall–Kier alpha value is -0.710. The summed E-state index contributed by atoms with van der Waals surface area (Å²) in [5.74, 6) is 0.974. The molecule has 0 unspecified atom stereocenters. The molecule has 1 amide bonds. The highest BCUT2D eigenvalue weighted by Crippen LogP contribution is 2.21. The molecule has 0 aromatic rings. The van der Waals surface area contributed by atoms with Crippen molar-refractivity contribution in [3.63, 3.8) is 0 Å². The van der Waals surface area contributed by atoms with E-state index in [0.29, 0.717) is 0 Å². The molecule has 5 heteroatoms. The van der Waals surface area contributed by atoms with E-state index in [0.717, 1.165) is 10.9 Å². The minimum atomic E-state index is -0.0235. The number of rotatable bonds is 3. The van der Waals surface area contributed by atoms with Gasteiger partial charge in [-0.15, -0.1) is 0 Å². The van der Waals surface area contributed by atoms with E-state index in [4.69, 9.17) is 0 Å². The van der Waals surface area contributed by atoms with Crippen molar-refractivity contribution >= 4 is 22.8 Å². The summed E-state index contributed by atoms with van der Waals surface area (Å²) in [4.78, 5) is 15.5. The van der Waals surface area contributed by atoms with Gasteiger partial charge in [-0.1, -0.05) is 11.8 Å². The molecule has 1 saturated heterocycles. The van der Waals surface area contributed by atoms with Gasteiger partial charge in [0, 0.05) is 17.3 Å². The lowest BCUT2D eigenvalue weighted by molar-refractivity contribution is -0.120. The van der Waals surface area contributed by atoms with Crippen LogP contribution in [0.3, 0.4) is 0 Å². The van der Waals surface area contributed by atoms with E-state index in [-0.39, 0.29) is 24.0 Å². The fourth-order valence-corrected chi connectivity index (χ4v) is 2.28. The molecule has 0 aromatic carbocycles. The van der Waals surface area contributed by atoms with E-state index < -0.39 is 0 Å². The van der Waals surface area contributed by atoms with Crippen molar-refractivity contribution in [2.24, 2.45) is 4.99 Å². The van der Waals surface area contributed by atoms with E-state index in [2.05, 4.69) is 29.5 Å². The van der Waals surface area contributed by atoms with Gasteiger partial charge < -0.3 is 10.6 Å². The highest BCUT2D eigenvalue weighted by Gasteiger charge is 2.27. The quantitative estimate of drug-likeness (QED) is 0.758. The fraction of sp³-hybridized carbons (Fsp3) is 0.800. The minimum Gasteiger partial charge on any atom is -0.359 e. The van der Waals surface area contributed by atoms with Crippen LogP contribution < -0.4 is 10.6 Å². The number of nitrogens with zero attached hydrogens (tertiary/aromatic N) is 1. The Balaban J connectivity index is 2.36. The second kappa shape index (κ2) is 4.88. The molecule has 4 nitrogen and oxygen atoms in total. The second-order valence-electron chi connectivity index (χ2n) is 4.64. The molecular weight excluding hydrogens is 210 g/mol. The number of hydrogen-bond donors (Lipinski definition) is 2. The van der Waals surface area contributed by atoms with Crippen molar-refractivity contribution in [1.29, 1.82) is 0 Å². The Morgan fingerprint density at radius 1 is 1.67 bits per heavy atom. The first-order valence-electron chi connectivity index (χ1n) is 5.14. The van der Waals surface area contributed by atoms with Crippen LogP contribution in [0.25, 0.3) is 0 Å². The second-order valence-corrected chi connectivity index (χ2v) is 5.61. The van der Waals surface area contributed by atoms with Crippen molar-refractivity contribution in [2.75, 3.05) is 12.3 Å².